The predicted octanol–water partition coefficient (Wildman–Crippen LogP) is 3.64. The lowest BCUT2D eigenvalue weighted by Gasteiger charge is -2.08. The lowest BCUT2D eigenvalue weighted by Crippen LogP contribution is -1.98. The maximum Gasteiger partial charge on any atom is 0.335 e. The van der Waals surface area contributed by atoms with Gasteiger partial charge in [-0.05, 0) is 52.9 Å². The summed E-state index contributed by atoms with van der Waals surface area (Å²) in [6.45, 7) is 0. The van der Waals surface area contributed by atoms with E-state index in [1.807, 2.05) is 22.6 Å². The van der Waals surface area contributed by atoms with Gasteiger partial charge in [0.1, 0.15) is 0 Å². The summed E-state index contributed by atoms with van der Waals surface area (Å²) in [5.74, 6) is -0.985. The Morgan fingerprint density at radius 2 is 1.85 bits per heavy atom. The zero-order chi connectivity index (χ0) is 14.7. The Morgan fingerprint density at radius 3 is 2.35 bits per heavy atom. The molecular formula is C13H9IN2O4. The zero-order valence-electron chi connectivity index (χ0n) is 10.0. The fraction of sp³-hybridized carbons (Fsp3) is 0. The van der Waals surface area contributed by atoms with E-state index in [0.717, 1.165) is 5.69 Å². The minimum absolute atomic E-state index is 0.0289. The van der Waals surface area contributed by atoms with Gasteiger partial charge in [-0.15, -0.1) is 0 Å². The van der Waals surface area contributed by atoms with Gasteiger partial charge in [-0.2, -0.15) is 0 Å². The van der Waals surface area contributed by atoms with Gasteiger partial charge in [-0.1, -0.05) is 0 Å². The Morgan fingerprint density at radius 1 is 1.20 bits per heavy atom. The van der Waals surface area contributed by atoms with E-state index >= 15 is 0 Å². The van der Waals surface area contributed by atoms with Crippen molar-refractivity contribution in [1.82, 2.24) is 0 Å². The Labute approximate surface area is 127 Å². The third-order valence-corrected chi connectivity index (χ3v) is 3.47. The van der Waals surface area contributed by atoms with Crippen molar-refractivity contribution < 1.29 is 14.8 Å². The summed E-state index contributed by atoms with van der Waals surface area (Å²) in [5.41, 5.74) is 1.66. The number of rotatable bonds is 4. The van der Waals surface area contributed by atoms with Crippen LogP contribution in [0, 0.1) is 13.7 Å². The molecule has 0 aliphatic heterocycles. The van der Waals surface area contributed by atoms with Crippen molar-refractivity contribution in [2.75, 3.05) is 5.32 Å². The van der Waals surface area contributed by atoms with Crippen molar-refractivity contribution in [3.05, 3.63) is 61.7 Å². The van der Waals surface area contributed by atoms with Gasteiger partial charge in [0, 0.05) is 21.4 Å². The molecule has 2 N–H and O–H groups in total. The summed E-state index contributed by atoms with van der Waals surface area (Å²) in [7, 11) is 0. The number of nitro groups is 1. The molecule has 0 unspecified atom stereocenters. The molecule has 7 heteroatoms. The third kappa shape index (κ3) is 3.23. The van der Waals surface area contributed by atoms with E-state index in [9.17, 15) is 14.9 Å². The largest absolute Gasteiger partial charge is 0.478 e. The molecule has 0 aromatic heterocycles. The molecule has 0 aliphatic carbocycles. The van der Waals surface area contributed by atoms with Crippen LogP contribution < -0.4 is 5.32 Å². The number of nitrogens with zero attached hydrogens (tertiary/aromatic N) is 1. The van der Waals surface area contributed by atoms with E-state index in [4.69, 9.17) is 5.11 Å². The molecule has 2 aromatic carbocycles. The molecule has 0 heterocycles. The van der Waals surface area contributed by atoms with Crippen molar-refractivity contribution in [3.8, 4) is 0 Å². The fourth-order valence-electron chi connectivity index (χ4n) is 1.57. The number of non-ortho nitro benzene ring substituents is 1. The number of aromatic carboxylic acids is 1. The highest BCUT2D eigenvalue weighted by Crippen LogP contribution is 2.26. The zero-order valence-corrected chi connectivity index (χ0v) is 12.2. The van der Waals surface area contributed by atoms with E-state index in [1.165, 1.54) is 24.3 Å². The topological polar surface area (TPSA) is 92.5 Å². The van der Waals surface area contributed by atoms with Gasteiger partial charge >= 0.3 is 5.97 Å². The number of carbonyl (C=O) groups is 1. The predicted molar refractivity (Wildman–Crippen MR) is 82.5 cm³/mol. The second-order valence-corrected chi connectivity index (χ2v) is 5.09. The highest BCUT2D eigenvalue weighted by molar-refractivity contribution is 14.1. The molecule has 0 bridgehead atoms. The number of halogens is 1. The van der Waals surface area contributed by atoms with E-state index in [-0.39, 0.29) is 11.3 Å². The Kier molecular flexibility index (Phi) is 4.18. The van der Waals surface area contributed by atoms with Crippen molar-refractivity contribution in [2.45, 2.75) is 0 Å². The normalized spacial score (nSPS) is 10.1. The highest BCUT2D eigenvalue weighted by Gasteiger charge is 2.09. The molecule has 20 heavy (non-hydrogen) atoms. The van der Waals surface area contributed by atoms with Crippen molar-refractivity contribution in [2.24, 2.45) is 0 Å². The fourth-order valence-corrected chi connectivity index (χ4v) is 2.20. The smallest absolute Gasteiger partial charge is 0.335 e. The molecule has 6 nitrogen and oxygen atoms in total. The van der Waals surface area contributed by atoms with Crippen LogP contribution >= 0.6 is 22.6 Å². The van der Waals surface area contributed by atoms with Crippen LogP contribution in [0.1, 0.15) is 10.4 Å². The molecule has 0 aliphatic rings. The summed E-state index contributed by atoms with van der Waals surface area (Å²) in [4.78, 5) is 20.9. The van der Waals surface area contributed by atoms with Gasteiger partial charge in [0.2, 0.25) is 0 Å². The van der Waals surface area contributed by atoms with Crippen LogP contribution in [0.15, 0.2) is 42.5 Å². The highest BCUT2D eigenvalue weighted by atomic mass is 127. The maximum atomic E-state index is 10.7. The lowest BCUT2D eigenvalue weighted by atomic mass is 10.2. The van der Waals surface area contributed by atoms with E-state index in [0.29, 0.717) is 9.26 Å². The summed E-state index contributed by atoms with van der Waals surface area (Å²) in [6.07, 6.45) is 0. The maximum absolute atomic E-state index is 10.7. The monoisotopic (exact) mass is 384 g/mol. The first-order chi connectivity index (χ1) is 9.47. The number of carboxylic acid groups (broad SMARTS) is 1. The number of anilines is 2. The first-order valence-electron chi connectivity index (χ1n) is 5.51. The van der Waals surface area contributed by atoms with Crippen molar-refractivity contribution >= 4 is 45.6 Å². The van der Waals surface area contributed by atoms with E-state index in [1.54, 1.807) is 18.2 Å². The van der Waals surface area contributed by atoms with Crippen LogP contribution in [0.2, 0.25) is 0 Å². The molecule has 0 saturated heterocycles. The van der Waals surface area contributed by atoms with Gasteiger partial charge < -0.3 is 10.4 Å². The Bertz CT molecular complexity index is 671. The van der Waals surface area contributed by atoms with E-state index < -0.39 is 10.9 Å². The van der Waals surface area contributed by atoms with Gasteiger partial charge in [0.05, 0.1) is 16.2 Å². The van der Waals surface area contributed by atoms with Crippen LogP contribution in [-0.4, -0.2) is 16.0 Å². The van der Waals surface area contributed by atoms with Crippen LogP contribution in [0.5, 0.6) is 0 Å². The van der Waals surface area contributed by atoms with Crippen LogP contribution in [0.25, 0.3) is 0 Å². The van der Waals surface area contributed by atoms with E-state index in [2.05, 4.69) is 5.32 Å². The molecule has 0 radical (unpaired) electrons. The Balaban J connectivity index is 2.21. The average Bonchev–Trinajstić information content (AvgIpc) is 2.41. The molecule has 0 fully saturated rings. The number of nitro benzene ring substituents is 1. The first kappa shape index (κ1) is 14.3. The summed E-state index contributed by atoms with van der Waals surface area (Å²) < 4.78 is 0.708. The third-order valence-electron chi connectivity index (χ3n) is 2.57. The molecule has 0 atom stereocenters. The van der Waals surface area contributed by atoms with Gasteiger partial charge in [-0.25, -0.2) is 4.79 Å². The molecule has 102 valence electrons. The summed E-state index contributed by atoms with van der Waals surface area (Å²) in [5, 5.41) is 22.5. The minimum atomic E-state index is -0.985. The summed E-state index contributed by atoms with van der Waals surface area (Å²) >= 11 is 2.00. The lowest BCUT2D eigenvalue weighted by molar-refractivity contribution is -0.384. The van der Waals surface area contributed by atoms with Crippen molar-refractivity contribution in [3.63, 3.8) is 0 Å². The molecule has 2 rings (SSSR count). The van der Waals surface area contributed by atoms with Gasteiger partial charge in [0.15, 0.2) is 0 Å². The molecule has 0 saturated carbocycles. The minimum Gasteiger partial charge on any atom is -0.478 e. The number of benzene rings is 2. The summed E-state index contributed by atoms with van der Waals surface area (Å²) in [6, 6.07) is 10.8. The van der Waals surface area contributed by atoms with Gasteiger partial charge in [-0.3, -0.25) is 10.1 Å². The number of carboxylic acids is 1. The second-order valence-electron chi connectivity index (χ2n) is 3.93. The van der Waals surface area contributed by atoms with Crippen LogP contribution in [0.3, 0.4) is 0 Å². The van der Waals surface area contributed by atoms with Gasteiger partial charge in [0.25, 0.3) is 5.69 Å². The van der Waals surface area contributed by atoms with Crippen LogP contribution in [0.4, 0.5) is 17.1 Å². The SMILES string of the molecule is O=C(O)c1ccc(Nc2ccc([N+](=O)[O-])cc2I)cc1. The van der Waals surface area contributed by atoms with Crippen LogP contribution in [-0.2, 0) is 0 Å². The van der Waals surface area contributed by atoms with Crippen molar-refractivity contribution in [1.29, 1.82) is 0 Å². The number of hydrogen-bond acceptors (Lipinski definition) is 4. The number of nitrogens with one attached hydrogen (secondary N) is 1. The first-order valence-corrected chi connectivity index (χ1v) is 6.59. The Hall–Kier alpha value is -2.16. The average molecular weight is 384 g/mol. The second kappa shape index (κ2) is 5.87. The molecule has 0 spiro atoms. The number of hydrogen-bond donors (Lipinski definition) is 2. The molecule has 2 aromatic rings. The quantitative estimate of drug-likeness (QED) is 0.477. The standard InChI is InChI=1S/C13H9IN2O4/c14-11-7-10(16(19)20)5-6-12(11)15-9-3-1-8(2-4-9)13(17)18/h1-7,15H,(H,17,18). The molecule has 0 amide bonds. The molecular weight excluding hydrogens is 375 g/mol.